The molecule has 0 aromatic rings. The van der Waals surface area contributed by atoms with Crippen molar-refractivity contribution in [1.29, 1.82) is 0 Å². The average Bonchev–Trinajstić information content (AvgIpc) is 3.07. The van der Waals surface area contributed by atoms with E-state index >= 15 is 0 Å². The number of fused-ring (bicyclic) bond motifs is 3. The van der Waals surface area contributed by atoms with Crippen LogP contribution >= 0.6 is 11.8 Å². The van der Waals surface area contributed by atoms with Crippen LogP contribution in [0.1, 0.15) is 72.1 Å². The van der Waals surface area contributed by atoms with E-state index in [2.05, 4.69) is 26.0 Å². The van der Waals surface area contributed by atoms with Crippen molar-refractivity contribution >= 4 is 28.4 Å². The van der Waals surface area contributed by atoms with Crippen LogP contribution in [0.15, 0.2) is 34.4 Å². The van der Waals surface area contributed by atoms with Crippen molar-refractivity contribution in [2.24, 2.45) is 16.2 Å². The molecule has 2 saturated carbocycles. The molecule has 148 valence electrons. The van der Waals surface area contributed by atoms with Crippen molar-refractivity contribution in [3.63, 3.8) is 0 Å². The Labute approximate surface area is 171 Å². The summed E-state index contributed by atoms with van der Waals surface area (Å²) in [4.78, 5) is 37.5. The zero-order valence-corrected chi connectivity index (χ0v) is 17.8. The van der Waals surface area contributed by atoms with E-state index in [1.54, 1.807) is 6.92 Å². The molecule has 0 N–H and O–H groups in total. The zero-order chi connectivity index (χ0) is 19.9. The third-order valence-electron chi connectivity index (χ3n) is 8.59. The van der Waals surface area contributed by atoms with Gasteiger partial charge in [0.1, 0.15) is 11.6 Å². The summed E-state index contributed by atoms with van der Waals surface area (Å²) in [5.41, 5.74) is 4.75. The molecule has 4 heteroatoms. The summed E-state index contributed by atoms with van der Waals surface area (Å²) in [6.07, 6.45) is 11.0. The fraction of sp³-hybridized carbons (Fsp3) is 0.625. The van der Waals surface area contributed by atoms with Gasteiger partial charge in [0.2, 0.25) is 0 Å². The third-order valence-corrected chi connectivity index (χ3v) is 9.55. The average molecular weight is 397 g/mol. The number of hydrogen-bond donors (Lipinski definition) is 0. The molecular formula is C24H28O3S. The fourth-order valence-electron chi connectivity index (χ4n) is 7.00. The molecule has 0 aromatic heterocycles. The van der Waals surface area contributed by atoms with Gasteiger partial charge in [-0.15, -0.1) is 0 Å². The minimum Gasteiger partial charge on any atom is -0.299 e. The van der Waals surface area contributed by atoms with Crippen LogP contribution in [0, 0.1) is 16.2 Å². The van der Waals surface area contributed by atoms with Crippen molar-refractivity contribution in [2.45, 2.75) is 77.4 Å². The van der Waals surface area contributed by atoms with E-state index in [-0.39, 0.29) is 26.6 Å². The molecule has 0 saturated heterocycles. The van der Waals surface area contributed by atoms with Gasteiger partial charge in [-0.2, -0.15) is 0 Å². The topological polar surface area (TPSA) is 51.2 Å². The molecule has 5 aliphatic rings. The van der Waals surface area contributed by atoms with Crippen LogP contribution in [0.2, 0.25) is 0 Å². The van der Waals surface area contributed by atoms with E-state index < -0.39 is 0 Å². The fourth-order valence-corrected chi connectivity index (χ4v) is 7.98. The first-order valence-corrected chi connectivity index (χ1v) is 11.5. The number of ketones is 2. The maximum atomic E-state index is 13.2. The van der Waals surface area contributed by atoms with Crippen molar-refractivity contribution < 1.29 is 14.4 Å². The van der Waals surface area contributed by atoms with Crippen molar-refractivity contribution in [1.82, 2.24) is 0 Å². The van der Waals surface area contributed by atoms with Gasteiger partial charge in [-0.25, -0.2) is 0 Å². The van der Waals surface area contributed by atoms with E-state index in [1.807, 2.05) is 0 Å². The summed E-state index contributed by atoms with van der Waals surface area (Å²) in [7, 11) is 0. The Morgan fingerprint density at radius 2 is 1.89 bits per heavy atom. The van der Waals surface area contributed by atoms with Crippen molar-refractivity contribution in [3.05, 3.63) is 34.4 Å². The maximum Gasteiger partial charge on any atom is 0.186 e. The standard InChI is InChI=1S/C24H28O3S/c1-14(25)28-19-13-15-12-16(26)4-10-23(15,3)17-6-11-24-18(21(17)19)5-8-22(24,2)9-7-20(24)27/h5,13,19H,4,6-12H2,1-3H3/t19-,22+,23?,24?/m1/s1. The number of Topliss-reactive ketones (excluding diaryl/α,β-unsaturated/α-hetero) is 2. The van der Waals surface area contributed by atoms with E-state index in [0.29, 0.717) is 30.8 Å². The number of allylic oxidation sites excluding steroid dienone is 4. The Morgan fingerprint density at radius 1 is 1.11 bits per heavy atom. The van der Waals surface area contributed by atoms with Gasteiger partial charge in [0.05, 0.1) is 10.7 Å². The van der Waals surface area contributed by atoms with Crippen molar-refractivity contribution in [3.8, 4) is 0 Å². The Hall–Kier alpha value is -1.42. The molecule has 2 unspecified atom stereocenters. The molecule has 28 heavy (non-hydrogen) atoms. The van der Waals surface area contributed by atoms with E-state index in [4.69, 9.17) is 0 Å². The third kappa shape index (κ3) is 2.16. The van der Waals surface area contributed by atoms with Gasteiger partial charge in [-0.1, -0.05) is 48.9 Å². The number of rotatable bonds is 1. The second kappa shape index (κ2) is 5.81. The van der Waals surface area contributed by atoms with Crippen molar-refractivity contribution in [2.75, 3.05) is 0 Å². The molecule has 0 heterocycles. The highest BCUT2D eigenvalue weighted by molar-refractivity contribution is 8.14. The van der Waals surface area contributed by atoms with Gasteiger partial charge in [0.15, 0.2) is 5.12 Å². The number of carbonyl (C=O) groups is 3. The summed E-state index contributed by atoms with van der Waals surface area (Å²) in [6.45, 7) is 6.21. The molecule has 0 amide bonds. The molecule has 0 radical (unpaired) electrons. The lowest BCUT2D eigenvalue weighted by Crippen LogP contribution is -2.45. The quantitative estimate of drug-likeness (QED) is 0.578. The first-order valence-electron chi connectivity index (χ1n) is 10.6. The van der Waals surface area contributed by atoms with Gasteiger partial charge in [-0.05, 0) is 48.7 Å². The van der Waals surface area contributed by atoms with Crippen LogP contribution in [0.5, 0.6) is 0 Å². The zero-order valence-electron chi connectivity index (χ0n) is 17.0. The SMILES string of the molecule is CC(=O)S[C@@H]1C=C2CC(=O)CCC2(C)C2=C1C1=CC[C@@]3(C)CCC(=O)C13CC2. The minimum absolute atomic E-state index is 0.0385. The highest BCUT2D eigenvalue weighted by atomic mass is 32.2. The molecule has 3 nitrogen and oxygen atoms in total. The molecule has 4 atom stereocenters. The van der Waals surface area contributed by atoms with Gasteiger partial charge < -0.3 is 0 Å². The Kier molecular flexibility index (Phi) is 3.86. The molecule has 0 bridgehead atoms. The summed E-state index contributed by atoms with van der Waals surface area (Å²) in [6, 6.07) is 0. The van der Waals surface area contributed by atoms with E-state index in [9.17, 15) is 14.4 Å². The second-order valence-corrected chi connectivity index (χ2v) is 11.2. The maximum absolute atomic E-state index is 13.2. The molecule has 5 aliphatic carbocycles. The van der Waals surface area contributed by atoms with Gasteiger partial charge in [0, 0.05) is 31.6 Å². The number of carbonyl (C=O) groups excluding carboxylic acids is 3. The Bertz CT molecular complexity index is 922. The monoisotopic (exact) mass is 396 g/mol. The molecular weight excluding hydrogens is 368 g/mol. The van der Waals surface area contributed by atoms with Gasteiger partial charge in [0.25, 0.3) is 0 Å². The number of hydrogen-bond acceptors (Lipinski definition) is 4. The van der Waals surface area contributed by atoms with E-state index in [0.717, 1.165) is 32.1 Å². The summed E-state index contributed by atoms with van der Waals surface area (Å²) >= 11 is 1.36. The normalized spacial score (nSPS) is 41.8. The smallest absolute Gasteiger partial charge is 0.186 e. The van der Waals surface area contributed by atoms with E-state index in [1.165, 1.54) is 34.1 Å². The molecule has 0 aromatic carbocycles. The molecule has 5 rings (SSSR count). The Morgan fingerprint density at radius 3 is 2.64 bits per heavy atom. The van der Waals surface area contributed by atoms with Crippen LogP contribution in [0.4, 0.5) is 0 Å². The number of thioether (sulfide) groups is 1. The molecule has 0 aliphatic heterocycles. The Balaban J connectivity index is 1.69. The van der Waals surface area contributed by atoms with Crippen LogP contribution in [0.3, 0.4) is 0 Å². The molecule has 1 spiro atoms. The minimum atomic E-state index is -0.340. The highest BCUT2D eigenvalue weighted by Gasteiger charge is 2.64. The predicted molar refractivity (Wildman–Crippen MR) is 111 cm³/mol. The largest absolute Gasteiger partial charge is 0.299 e. The van der Waals surface area contributed by atoms with Gasteiger partial charge >= 0.3 is 0 Å². The predicted octanol–water partition coefficient (Wildman–Crippen LogP) is 5.11. The highest BCUT2D eigenvalue weighted by Crippen LogP contribution is 2.70. The summed E-state index contributed by atoms with van der Waals surface area (Å²) in [5.74, 6) is 0.723. The lowest BCUT2D eigenvalue weighted by atomic mass is 9.53. The summed E-state index contributed by atoms with van der Waals surface area (Å²) in [5, 5.41) is 0.0406. The lowest BCUT2D eigenvalue weighted by Gasteiger charge is -2.51. The summed E-state index contributed by atoms with van der Waals surface area (Å²) < 4.78 is 0. The lowest BCUT2D eigenvalue weighted by molar-refractivity contribution is -0.127. The van der Waals surface area contributed by atoms with Crippen LogP contribution in [-0.4, -0.2) is 21.9 Å². The molecule has 2 fully saturated rings. The first-order chi connectivity index (χ1) is 13.2. The van der Waals surface area contributed by atoms with Crippen LogP contribution in [0.25, 0.3) is 0 Å². The van der Waals surface area contributed by atoms with Crippen LogP contribution < -0.4 is 0 Å². The van der Waals surface area contributed by atoms with Crippen LogP contribution in [-0.2, 0) is 14.4 Å². The second-order valence-electron chi connectivity index (χ2n) is 9.87. The van der Waals surface area contributed by atoms with Gasteiger partial charge in [-0.3, -0.25) is 14.4 Å². The first kappa shape index (κ1) is 18.6.